The molecule has 0 bridgehead atoms. The van der Waals surface area contributed by atoms with Crippen LogP contribution in [0.5, 0.6) is 5.75 Å². The summed E-state index contributed by atoms with van der Waals surface area (Å²) in [5.74, 6) is -3.24. The van der Waals surface area contributed by atoms with Crippen LogP contribution in [0.3, 0.4) is 0 Å². The zero-order valence-electron chi connectivity index (χ0n) is 14.0. The minimum atomic E-state index is -1.25. The summed E-state index contributed by atoms with van der Waals surface area (Å²) in [5, 5.41) is 23.7. The fourth-order valence-electron chi connectivity index (χ4n) is 3.10. The van der Waals surface area contributed by atoms with E-state index in [9.17, 15) is 29.6 Å². The largest absolute Gasteiger partial charge is 0.508 e. The van der Waals surface area contributed by atoms with E-state index in [0.717, 1.165) is 17.0 Å². The van der Waals surface area contributed by atoms with Gasteiger partial charge in [0.1, 0.15) is 17.4 Å². The van der Waals surface area contributed by atoms with Crippen molar-refractivity contribution in [1.29, 1.82) is 0 Å². The highest BCUT2D eigenvalue weighted by Crippen LogP contribution is 2.34. The molecule has 140 valence electrons. The molecule has 1 fully saturated rings. The number of phenols is 1. The van der Waals surface area contributed by atoms with E-state index in [0.29, 0.717) is 0 Å². The number of carbonyl (C=O) groups excluding carboxylic acids is 3. The van der Waals surface area contributed by atoms with E-state index in [1.807, 2.05) is 0 Å². The average molecular weight is 381 g/mol. The first-order valence-corrected chi connectivity index (χ1v) is 8.08. The number of imide groups is 1. The summed E-state index contributed by atoms with van der Waals surface area (Å²) >= 11 is 0. The van der Waals surface area contributed by atoms with E-state index < -0.39 is 34.5 Å². The molecule has 0 aliphatic carbocycles. The van der Waals surface area contributed by atoms with Crippen LogP contribution in [0.2, 0.25) is 0 Å². The Morgan fingerprint density at radius 1 is 1.07 bits per heavy atom. The van der Waals surface area contributed by atoms with Crippen molar-refractivity contribution in [2.24, 2.45) is 11.1 Å². The highest BCUT2D eigenvalue weighted by molar-refractivity contribution is 6.52. The number of hydrogen-bond donors (Lipinski definition) is 1. The molecule has 2 heterocycles. The van der Waals surface area contributed by atoms with Crippen molar-refractivity contribution >= 4 is 34.7 Å². The van der Waals surface area contributed by atoms with Crippen LogP contribution in [0.25, 0.3) is 0 Å². The van der Waals surface area contributed by atoms with E-state index >= 15 is 0 Å². The van der Waals surface area contributed by atoms with Crippen LogP contribution in [0.4, 0.5) is 11.4 Å². The number of Topliss-reactive ketones (excluding diaryl/α,β-unsaturated/α-hetero) is 1. The van der Waals surface area contributed by atoms with Crippen LogP contribution < -0.4 is 4.90 Å². The summed E-state index contributed by atoms with van der Waals surface area (Å²) in [6, 6.07) is 10.2. The lowest BCUT2D eigenvalue weighted by Gasteiger charge is -2.15. The lowest BCUT2D eigenvalue weighted by atomic mass is 9.93. The van der Waals surface area contributed by atoms with Crippen LogP contribution in [0.15, 0.2) is 53.7 Å². The number of amides is 2. The number of rotatable bonds is 4. The Kier molecular flexibility index (Phi) is 3.88. The van der Waals surface area contributed by atoms with Gasteiger partial charge in [-0.2, -0.15) is 0 Å². The molecule has 2 aromatic carbocycles. The standard InChI is InChI=1S/C18H11N3O7/c22-12-7-5-10(6-8-12)20-17(24)13-14(19-28-16(13)18(20)25)15(23)9-1-3-11(4-2-9)21(26)27/h1-8,13,16,22H/t13-,16+/m1/s1. The van der Waals surface area contributed by atoms with Gasteiger partial charge in [0.15, 0.2) is 0 Å². The first-order chi connectivity index (χ1) is 13.4. The smallest absolute Gasteiger partial charge is 0.278 e. The molecule has 1 N–H and O–H groups in total. The lowest BCUT2D eigenvalue weighted by Crippen LogP contribution is -2.34. The summed E-state index contributed by atoms with van der Waals surface area (Å²) in [4.78, 5) is 54.2. The molecule has 0 radical (unpaired) electrons. The van der Waals surface area contributed by atoms with Crippen molar-refractivity contribution in [3.8, 4) is 5.75 Å². The monoisotopic (exact) mass is 381 g/mol. The molecule has 10 nitrogen and oxygen atoms in total. The zero-order valence-corrected chi connectivity index (χ0v) is 14.0. The SMILES string of the molecule is O=C(C1=NO[C@@H]2C(=O)N(c3ccc(O)cc3)C(=O)[C@H]12)c1ccc([N+](=O)[O-])cc1. The molecule has 1 saturated heterocycles. The number of anilines is 1. The molecule has 2 amide bonds. The third kappa shape index (κ3) is 2.58. The topological polar surface area (TPSA) is 139 Å². The summed E-state index contributed by atoms with van der Waals surface area (Å²) in [6.07, 6.45) is -1.25. The van der Waals surface area contributed by atoms with E-state index in [-0.39, 0.29) is 28.4 Å². The van der Waals surface area contributed by atoms with E-state index in [1.165, 1.54) is 36.4 Å². The molecule has 0 unspecified atom stereocenters. The van der Waals surface area contributed by atoms with Gasteiger partial charge >= 0.3 is 0 Å². The highest BCUT2D eigenvalue weighted by atomic mass is 16.7. The number of nitrogens with zero attached hydrogens (tertiary/aromatic N) is 3. The van der Waals surface area contributed by atoms with Crippen molar-refractivity contribution in [3.63, 3.8) is 0 Å². The molecule has 0 aromatic heterocycles. The first-order valence-electron chi connectivity index (χ1n) is 8.08. The maximum atomic E-state index is 12.8. The maximum absolute atomic E-state index is 12.8. The molecule has 2 aromatic rings. The van der Waals surface area contributed by atoms with E-state index in [1.54, 1.807) is 0 Å². The molecule has 2 aliphatic rings. The number of hydrogen-bond acceptors (Lipinski definition) is 8. The molecule has 0 saturated carbocycles. The molecule has 2 atom stereocenters. The predicted octanol–water partition coefficient (Wildman–Crippen LogP) is 1.43. The Labute approximate surface area is 156 Å². The Morgan fingerprint density at radius 2 is 1.71 bits per heavy atom. The number of nitro groups is 1. The van der Waals surface area contributed by atoms with Crippen molar-refractivity contribution in [3.05, 3.63) is 64.2 Å². The van der Waals surface area contributed by atoms with Crippen molar-refractivity contribution < 1.29 is 29.3 Å². The van der Waals surface area contributed by atoms with Crippen LogP contribution in [-0.4, -0.2) is 39.4 Å². The van der Waals surface area contributed by atoms with Gasteiger partial charge in [0.05, 0.1) is 10.6 Å². The molecular formula is C18H11N3O7. The number of nitro benzene ring substituents is 1. The van der Waals surface area contributed by atoms with Gasteiger partial charge in [0, 0.05) is 17.7 Å². The molecule has 28 heavy (non-hydrogen) atoms. The van der Waals surface area contributed by atoms with Crippen LogP contribution in [0.1, 0.15) is 10.4 Å². The Bertz CT molecular complexity index is 1040. The number of oxime groups is 1. The third-order valence-corrected chi connectivity index (χ3v) is 4.49. The number of benzene rings is 2. The number of ketones is 1. The summed E-state index contributed by atoms with van der Waals surface area (Å²) < 4.78 is 0. The number of fused-ring (bicyclic) bond motifs is 1. The Balaban J connectivity index is 1.62. The quantitative estimate of drug-likeness (QED) is 0.366. The third-order valence-electron chi connectivity index (χ3n) is 4.49. The molecule has 4 rings (SSSR count). The molecule has 0 spiro atoms. The minimum absolute atomic E-state index is 0.0325. The Hall–Kier alpha value is -4.08. The van der Waals surface area contributed by atoms with E-state index in [4.69, 9.17) is 4.84 Å². The Morgan fingerprint density at radius 3 is 2.32 bits per heavy atom. The number of phenolic OH excluding ortho intramolecular Hbond substituents is 1. The zero-order chi connectivity index (χ0) is 20.0. The van der Waals surface area contributed by atoms with Crippen molar-refractivity contribution in [2.75, 3.05) is 4.90 Å². The van der Waals surface area contributed by atoms with Gasteiger partial charge in [-0.05, 0) is 36.4 Å². The highest BCUT2D eigenvalue weighted by Gasteiger charge is 2.57. The second-order valence-electron chi connectivity index (χ2n) is 6.14. The van der Waals surface area contributed by atoms with Gasteiger partial charge in [-0.1, -0.05) is 5.16 Å². The fourth-order valence-corrected chi connectivity index (χ4v) is 3.10. The van der Waals surface area contributed by atoms with Gasteiger partial charge in [0.2, 0.25) is 17.8 Å². The molecule has 2 aliphatic heterocycles. The summed E-state index contributed by atoms with van der Waals surface area (Å²) in [7, 11) is 0. The van der Waals surface area contributed by atoms with Crippen LogP contribution >= 0.6 is 0 Å². The number of carbonyl (C=O) groups is 3. The summed E-state index contributed by atoms with van der Waals surface area (Å²) in [6.45, 7) is 0. The van der Waals surface area contributed by atoms with Gasteiger partial charge < -0.3 is 9.94 Å². The number of non-ortho nitro benzene ring substituents is 1. The van der Waals surface area contributed by atoms with Gasteiger partial charge in [-0.25, -0.2) is 4.90 Å². The molecular weight excluding hydrogens is 370 g/mol. The first kappa shape index (κ1) is 17.3. The fraction of sp³-hybridized carbons (Fsp3) is 0.111. The number of aromatic hydroxyl groups is 1. The molecule has 10 heteroatoms. The predicted molar refractivity (Wildman–Crippen MR) is 93.8 cm³/mol. The van der Waals surface area contributed by atoms with Gasteiger partial charge in [-0.3, -0.25) is 24.5 Å². The lowest BCUT2D eigenvalue weighted by molar-refractivity contribution is -0.384. The van der Waals surface area contributed by atoms with Gasteiger partial charge in [0.25, 0.3) is 11.6 Å². The van der Waals surface area contributed by atoms with Gasteiger partial charge in [-0.15, -0.1) is 0 Å². The minimum Gasteiger partial charge on any atom is -0.508 e. The average Bonchev–Trinajstić information content (AvgIpc) is 3.23. The normalized spacial score (nSPS) is 20.6. The maximum Gasteiger partial charge on any atom is 0.278 e. The van der Waals surface area contributed by atoms with Crippen LogP contribution in [-0.2, 0) is 14.4 Å². The van der Waals surface area contributed by atoms with E-state index in [2.05, 4.69) is 5.16 Å². The second-order valence-corrected chi connectivity index (χ2v) is 6.14. The van der Waals surface area contributed by atoms with Crippen LogP contribution in [0, 0.1) is 16.0 Å². The second kappa shape index (κ2) is 6.27. The van der Waals surface area contributed by atoms with Crippen molar-refractivity contribution in [1.82, 2.24) is 0 Å². The summed E-state index contributed by atoms with van der Waals surface area (Å²) in [5.41, 5.74) is -0.118. The van der Waals surface area contributed by atoms with Crippen molar-refractivity contribution in [2.45, 2.75) is 6.10 Å².